The summed E-state index contributed by atoms with van der Waals surface area (Å²) in [5.74, 6) is 0.505. The van der Waals surface area contributed by atoms with Gasteiger partial charge in [0.15, 0.2) is 0 Å². The van der Waals surface area contributed by atoms with Crippen molar-refractivity contribution >= 4 is 17.2 Å². The standard InChI is InChI=1S/C17H28N2OS/c1-4-16(2,3)13-7-9-17(10-8-13,15(18)20)19-12-14-6-5-11-21-14/h5-6,11,13,19H,4,7-10,12H2,1-3H3,(H2,18,20). The van der Waals surface area contributed by atoms with Crippen molar-refractivity contribution in [3.8, 4) is 0 Å². The van der Waals surface area contributed by atoms with E-state index in [4.69, 9.17) is 5.73 Å². The fourth-order valence-electron chi connectivity index (χ4n) is 3.36. The van der Waals surface area contributed by atoms with E-state index < -0.39 is 5.54 Å². The lowest BCUT2D eigenvalue weighted by Crippen LogP contribution is -2.57. The van der Waals surface area contributed by atoms with Crippen LogP contribution in [0.2, 0.25) is 0 Å². The minimum Gasteiger partial charge on any atom is -0.368 e. The molecule has 1 aromatic heterocycles. The van der Waals surface area contributed by atoms with Crippen molar-refractivity contribution in [2.24, 2.45) is 17.1 Å². The third-order valence-corrected chi connectivity index (χ3v) is 6.38. The summed E-state index contributed by atoms with van der Waals surface area (Å²) in [6.45, 7) is 7.68. The largest absolute Gasteiger partial charge is 0.368 e. The highest BCUT2D eigenvalue weighted by molar-refractivity contribution is 7.09. The average molecular weight is 308 g/mol. The zero-order valence-corrected chi connectivity index (χ0v) is 14.3. The first-order valence-electron chi connectivity index (χ1n) is 7.97. The summed E-state index contributed by atoms with van der Waals surface area (Å²) in [6.07, 6.45) is 5.08. The van der Waals surface area contributed by atoms with Crippen LogP contribution in [0, 0.1) is 11.3 Å². The van der Waals surface area contributed by atoms with Gasteiger partial charge in [0.25, 0.3) is 0 Å². The van der Waals surface area contributed by atoms with E-state index in [-0.39, 0.29) is 5.91 Å². The zero-order valence-electron chi connectivity index (χ0n) is 13.4. The maximum Gasteiger partial charge on any atom is 0.237 e. The molecule has 3 N–H and O–H groups in total. The number of nitrogens with two attached hydrogens (primary N) is 1. The summed E-state index contributed by atoms with van der Waals surface area (Å²) in [5.41, 5.74) is 5.58. The van der Waals surface area contributed by atoms with Gasteiger partial charge >= 0.3 is 0 Å². The Morgan fingerprint density at radius 2 is 2.14 bits per heavy atom. The van der Waals surface area contributed by atoms with Gasteiger partial charge in [0.2, 0.25) is 5.91 Å². The van der Waals surface area contributed by atoms with E-state index >= 15 is 0 Å². The molecule has 0 unspecified atom stereocenters. The Morgan fingerprint density at radius 3 is 2.62 bits per heavy atom. The molecular formula is C17H28N2OS. The fraction of sp³-hybridized carbons (Fsp3) is 0.706. The first-order valence-corrected chi connectivity index (χ1v) is 8.85. The maximum atomic E-state index is 12.0. The number of carbonyl (C=O) groups is 1. The lowest BCUT2D eigenvalue weighted by Gasteiger charge is -2.44. The molecular weight excluding hydrogens is 280 g/mol. The van der Waals surface area contributed by atoms with Crippen molar-refractivity contribution in [2.75, 3.05) is 0 Å². The van der Waals surface area contributed by atoms with Crippen molar-refractivity contribution < 1.29 is 4.79 Å². The summed E-state index contributed by atoms with van der Waals surface area (Å²) in [6, 6.07) is 4.14. The highest BCUT2D eigenvalue weighted by atomic mass is 32.1. The van der Waals surface area contributed by atoms with Crippen molar-refractivity contribution in [3.05, 3.63) is 22.4 Å². The average Bonchev–Trinajstić information content (AvgIpc) is 2.98. The van der Waals surface area contributed by atoms with Gasteiger partial charge in [0, 0.05) is 11.4 Å². The van der Waals surface area contributed by atoms with Crippen molar-refractivity contribution in [3.63, 3.8) is 0 Å². The Balaban J connectivity index is 2.00. The summed E-state index contributed by atoms with van der Waals surface area (Å²) >= 11 is 1.72. The van der Waals surface area contributed by atoms with Crippen LogP contribution in [0.25, 0.3) is 0 Å². The Bertz CT molecular complexity index is 459. The van der Waals surface area contributed by atoms with Crippen LogP contribution in [-0.4, -0.2) is 11.4 Å². The predicted octanol–water partition coefficient (Wildman–Crippen LogP) is 3.69. The van der Waals surface area contributed by atoms with Gasteiger partial charge < -0.3 is 5.73 Å². The van der Waals surface area contributed by atoms with Crippen LogP contribution in [0.5, 0.6) is 0 Å². The topological polar surface area (TPSA) is 55.1 Å². The molecule has 0 aromatic carbocycles. The van der Waals surface area contributed by atoms with Gasteiger partial charge in [-0.25, -0.2) is 0 Å². The molecule has 0 bridgehead atoms. The second-order valence-corrected chi connectivity index (χ2v) is 8.03. The zero-order chi connectivity index (χ0) is 15.5. The molecule has 1 aromatic rings. The molecule has 1 amide bonds. The smallest absolute Gasteiger partial charge is 0.237 e. The third-order valence-electron chi connectivity index (χ3n) is 5.51. The molecule has 1 fully saturated rings. The van der Waals surface area contributed by atoms with Crippen LogP contribution in [-0.2, 0) is 11.3 Å². The van der Waals surface area contributed by atoms with Crippen molar-refractivity contribution in [1.82, 2.24) is 5.32 Å². The molecule has 1 saturated carbocycles. The number of hydrogen-bond acceptors (Lipinski definition) is 3. The summed E-state index contributed by atoms with van der Waals surface area (Å²) in [7, 11) is 0. The molecule has 3 nitrogen and oxygen atoms in total. The Labute approximate surface area is 132 Å². The normalized spacial score (nSPS) is 26.7. The summed E-state index contributed by atoms with van der Waals surface area (Å²) < 4.78 is 0. The molecule has 1 heterocycles. The molecule has 118 valence electrons. The Hall–Kier alpha value is -0.870. The van der Waals surface area contributed by atoms with E-state index in [0.717, 1.165) is 32.2 Å². The number of amides is 1. The summed E-state index contributed by atoms with van der Waals surface area (Å²) in [4.78, 5) is 13.3. The predicted molar refractivity (Wildman–Crippen MR) is 89.1 cm³/mol. The van der Waals surface area contributed by atoms with Crippen molar-refractivity contribution in [1.29, 1.82) is 0 Å². The molecule has 1 aliphatic carbocycles. The first-order chi connectivity index (χ1) is 9.89. The molecule has 0 aliphatic heterocycles. The molecule has 1 aliphatic rings. The number of rotatable bonds is 6. The number of thiophene rings is 1. The monoisotopic (exact) mass is 308 g/mol. The van der Waals surface area contributed by atoms with Gasteiger partial charge in [-0.1, -0.05) is 33.3 Å². The van der Waals surface area contributed by atoms with Crippen LogP contribution in [0.3, 0.4) is 0 Å². The Morgan fingerprint density at radius 1 is 1.48 bits per heavy atom. The number of carbonyl (C=O) groups excluding carboxylic acids is 1. The first kappa shape index (κ1) is 16.5. The van der Waals surface area contributed by atoms with Crippen molar-refractivity contribution in [2.45, 2.75) is 65.0 Å². The van der Waals surface area contributed by atoms with Crippen LogP contribution in [0.15, 0.2) is 17.5 Å². The number of nitrogens with one attached hydrogen (secondary N) is 1. The number of primary amides is 1. The summed E-state index contributed by atoms with van der Waals surface area (Å²) in [5, 5.41) is 5.53. The van der Waals surface area contributed by atoms with E-state index in [1.54, 1.807) is 11.3 Å². The SMILES string of the molecule is CCC(C)(C)C1CCC(NCc2cccs2)(C(N)=O)CC1. The van der Waals surface area contributed by atoms with Gasteiger partial charge in [0.05, 0.1) is 5.54 Å². The molecule has 0 atom stereocenters. The molecule has 4 heteroatoms. The van der Waals surface area contributed by atoms with E-state index in [1.165, 1.54) is 11.3 Å². The van der Waals surface area contributed by atoms with Crippen LogP contribution < -0.4 is 11.1 Å². The molecule has 2 rings (SSSR count). The van der Waals surface area contributed by atoms with Crippen LogP contribution in [0.1, 0.15) is 57.8 Å². The molecule has 0 spiro atoms. The third kappa shape index (κ3) is 3.67. The number of hydrogen-bond donors (Lipinski definition) is 2. The van der Waals surface area contributed by atoms with Gasteiger partial charge in [-0.05, 0) is 48.5 Å². The van der Waals surface area contributed by atoms with E-state index in [0.29, 0.717) is 11.3 Å². The van der Waals surface area contributed by atoms with Crippen LogP contribution in [0.4, 0.5) is 0 Å². The van der Waals surface area contributed by atoms with E-state index in [1.807, 2.05) is 6.07 Å². The molecule has 21 heavy (non-hydrogen) atoms. The highest BCUT2D eigenvalue weighted by Crippen LogP contribution is 2.43. The minimum absolute atomic E-state index is 0.188. The lowest BCUT2D eigenvalue weighted by molar-refractivity contribution is -0.126. The second kappa shape index (κ2) is 6.49. The van der Waals surface area contributed by atoms with E-state index in [2.05, 4.69) is 37.5 Å². The molecule has 0 radical (unpaired) electrons. The van der Waals surface area contributed by atoms with Crippen LogP contribution >= 0.6 is 11.3 Å². The highest BCUT2D eigenvalue weighted by Gasteiger charge is 2.43. The quantitative estimate of drug-likeness (QED) is 0.842. The van der Waals surface area contributed by atoms with Gasteiger partial charge in [-0.3, -0.25) is 10.1 Å². The van der Waals surface area contributed by atoms with E-state index in [9.17, 15) is 4.79 Å². The fourth-order valence-corrected chi connectivity index (χ4v) is 4.01. The maximum absolute atomic E-state index is 12.0. The second-order valence-electron chi connectivity index (χ2n) is 7.00. The van der Waals surface area contributed by atoms with Gasteiger partial charge in [-0.15, -0.1) is 11.3 Å². The Kier molecular flexibility index (Phi) is 5.10. The van der Waals surface area contributed by atoms with Gasteiger partial charge in [0.1, 0.15) is 0 Å². The minimum atomic E-state index is -0.510. The lowest BCUT2D eigenvalue weighted by atomic mass is 9.65. The molecule has 0 saturated heterocycles. The van der Waals surface area contributed by atoms with Gasteiger partial charge in [-0.2, -0.15) is 0 Å².